The minimum Gasteiger partial charge on any atom is -0.490 e. The topological polar surface area (TPSA) is 70.6 Å². The monoisotopic (exact) mass is 314 g/mol. The van der Waals surface area contributed by atoms with Crippen molar-refractivity contribution >= 4 is 23.3 Å². The largest absolute Gasteiger partial charge is 0.490 e. The smallest absolute Gasteiger partial charge is 0.319 e. The molecule has 0 saturated heterocycles. The quantitative estimate of drug-likeness (QED) is 0.722. The first kappa shape index (κ1) is 17.6. The maximum Gasteiger partial charge on any atom is 0.319 e. The third-order valence-corrected chi connectivity index (χ3v) is 3.66. The summed E-state index contributed by atoms with van der Waals surface area (Å²) in [6, 6.07) is 4.83. The molecule has 21 heavy (non-hydrogen) atoms. The van der Waals surface area contributed by atoms with Crippen molar-refractivity contribution in [2.75, 3.05) is 18.5 Å². The molecule has 6 heteroatoms. The Labute approximate surface area is 130 Å². The number of halogens is 1. The van der Waals surface area contributed by atoms with E-state index in [1.807, 2.05) is 20.8 Å². The van der Waals surface area contributed by atoms with Gasteiger partial charge >= 0.3 is 6.03 Å². The van der Waals surface area contributed by atoms with Crippen LogP contribution < -0.4 is 15.4 Å². The van der Waals surface area contributed by atoms with Crippen LogP contribution in [0.2, 0.25) is 5.02 Å². The second-order valence-corrected chi connectivity index (χ2v) is 5.42. The molecule has 118 valence electrons. The zero-order chi connectivity index (χ0) is 15.9. The van der Waals surface area contributed by atoms with Crippen LogP contribution in [0.15, 0.2) is 18.2 Å². The standard InChI is InChI=1S/C15H23ClN2O3/c1-4-15(3,9-10-19)18-14(20)17-12-8-6-7-11(16)13(12)21-5-2/h6-8,19H,4-5,9-10H2,1-3H3,(H2,17,18,20). The maximum absolute atomic E-state index is 12.1. The molecule has 0 aliphatic carbocycles. The highest BCUT2D eigenvalue weighted by atomic mass is 35.5. The van der Waals surface area contributed by atoms with Crippen LogP contribution in [0, 0.1) is 0 Å². The zero-order valence-electron chi connectivity index (χ0n) is 12.7. The molecule has 1 aromatic rings. The molecule has 0 aliphatic heterocycles. The van der Waals surface area contributed by atoms with Crippen LogP contribution in [-0.4, -0.2) is 29.9 Å². The Morgan fingerprint density at radius 3 is 2.71 bits per heavy atom. The Morgan fingerprint density at radius 1 is 1.43 bits per heavy atom. The number of aliphatic hydroxyl groups is 1. The van der Waals surface area contributed by atoms with E-state index in [9.17, 15) is 4.79 Å². The fraction of sp³-hybridized carbons (Fsp3) is 0.533. The molecule has 1 atom stereocenters. The number of hydrogen-bond donors (Lipinski definition) is 3. The highest BCUT2D eigenvalue weighted by Gasteiger charge is 2.24. The van der Waals surface area contributed by atoms with Gasteiger partial charge in [-0.05, 0) is 38.8 Å². The van der Waals surface area contributed by atoms with Crippen LogP contribution in [0.25, 0.3) is 0 Å². The molecule has 5 nitrogen and oxygen atoms in total. The molecule has 0 aromatic heterocycles. The van der Waals surface area contributed by atoms with E-state index in [0.717, 1.165) is 6.42 Å². The minimum atomic E-state index is -0.455. The second-order valence-electron chi connectivity index (χ2n) is 5.02. The van der Waals surface area contributed by atoms with Crippen LogP contribution in [0.5, 0.6) is 5.75 Å². The summed E-state index contributed by atoms with van der Waals surface area (Å²) in [4.78, 5) is 12.1. The average Bonchev–Trinajstić information content (AvgIpc) is 2.43. The first-order chi connectivity index (χ1) is 9.95. The summed E-state index contributed by atoms with van der Waals surface area (Å²) in [5, 5.41) is 15.1. The minimum absolute atomic E-state index is 0.0198. The van der Waals surface area contributed by atoms with E-state index in [-0.39, 0.29) is 12.6 Å². The van der Waals surface area contributed by atoms with Crippen LogP contribution in [0.3, 0.4) is 0 Å². The van der Waals surface area contributed by atoms with E-state index in [1.54, 1.807) is 18.2 Å². The van der Waals surface area contributed by atoms with Crippen molar-refractivity contribution < 1.29 is 14.6 Å². The Kier molecular flexibility index (Phi) is 6.78. The van der Waals surface area contributed by atoms with Crippen LogP contribution >= 0.6 is 11.6 Å². The van der Waals surface area contributed by atoms with Crippen molar-refractivity contribution in [2.24, 2.45) is 0 Å². The van der Waals surface area contributed by atoms with Crippen molar-refractivity contribution in [3.63, 3.8) is 0 Å². The molecule has 0 fully saturated rings. The molecule has 2 amide bonds. The van der Waals surface area contributed by atoms with Gasteiger partial charge in [0.1, 0.15) is 0 Å². The molecule has 0 radical (unpaired) electrons. The lowest BCUT2D eigenvalue weighted by Crippen LogP contribution is -2.48. The Bertz CT molecular complexity index is 482. The summed E-state index contributed by atoms with van der Waals surface area (Å²) in [7, 11) is 0. The lowest BCUT2D eigenvalue weighted by atomic mass is 9.95. The number of aliphatic hydroxyl groups excluding tert-OH is 1. The molecule has 0 bridgehead atoms. The van der Waals surface area contributed by atoms with E-state index in [4.69, 9.17) is 21.4 Å². The fourth-order valence-electron chi connectivity index (χ4n) is 1.90. The van der Waals surface area contributed by atoms with Gasteiger partial charge in [-0.15, -0.1) is 0 Å². The maximum atomic E-state index is 12.1. The molecule has 1 aromatic carbocycles. The summed E-state index contributed by atoms with van der Waals surface area (Å²) in [6.07, 6.45) is 1.21. The predicted molar refractivity (Wildman–Crippen MR) is 85.2 cm³/mol. The first-order valence-corrected chi connectivity index (χ1v) is 7.45. The number of nitrogens with one attached hydrogen (secondary N) is 2. The van der Waals surface area contributed by atoms with Gasteiger partial charge < -0.3 is 20.5 Å². The highest BCUT2D eigenvalue weighted by Crippen LogP contribution is 2.32. The number of para-hydroxylation sites is 1. The molecule has 0 saturated carbocycles. The normalized spacial score (nSPS) is 13.4. The van der Waals surface area contributed by atoms with Gasteiger partial charge in [0.15, 0.2) is 5.75 Å². The van der Waals surface area contributed by atoms with Gasteiger partial charge in [0.25, 0.3) is 0 Å². The number of rotatable bonds is 7. The number of benzene rings is 1. The van der Waals surface area contributed by atoms with Crippen molar-refractivity contribution in [1.29, 1.82) is 0 Å². The number of carbonyl (C=O) groups is 1. The van der Waals surface area contributed by atoms with Crippen LogP contribution in [0.1, 0.15) is 33.6 Å². The number of amides is 2. The Balaban J connectivity index is 2.81. The van der Waals surface area contributed by atoms with Gasteiger partial charge in [-0.3, -0.25) is 0 Å². The third-order valence-electron chi connectivity index (χ3n) is 3.36. The fourth-order valence-corrected chi connectivity index (χ4v) is 2.13. The molecule has 1 unspecified atom stereocenters. The number of urea groups is 1. The zero-order valence-corrected chi connectivity index (χ0v) is 13.5. The van der Waals surface area contributed by atoms with E-state index in [2.05, 4.69) is 10.6 Å². The first-order valence-electron chi connectivity index (χ1n) is 7.07. The summed E-state index contributed by atoms with van der Waals surface area (Å²) < 4.78 is 5.46. The predicted octanol–water partition coefficient (Wildman–Crippen LogP) is 3.41. The summed E-state index contributed by atoms with van der Waals surface area (Å²) in [5.74, 6) is 0.456. The van der Waals surface area contributed by atoms with Gasteiger partial charge in [-0.2, -0.15) is 0 Å². The SMILES string of the molecule is CCOc1c(Cl)cccc1NC(=O)NC(C)(CC)CCO. The van der Waals surface area contributed by atoms with Gasteiger partial charge in [-0.25, -0.2) is 4.79 Å². The molecule has 0 aliphatic rings. The summed E-state index contributed by atoms with van der Waals surface area (Å²) in [5.41, 5.74) is 0.0627. The molecule has 3 N–H and O–H groups in total. The Morgan fingerprint density at radius 2 is 2.14 bits per heavy atom. The van der Waals surface area contributed by atoms with E-state index in [1.165, 1.54) is 0 Å². The van der Waals surface area contributed by atoms with Crippen molar-refractivity contribution in [3.8, 4) is 5.75 Å². The van der Waals surface area contributed by atoms with Gasteiger partial charge in [-0.1, -0.05) is 24.6 Å². The number of anilines is 1. The van der Waals surface area contributed by atoms with Crippen molar-refractivity contribution in [1.82, 2.24) is 5.32 Å². The number of carbonyl (C=O) groups excluding carboxylic acids is 1. The lowest BCUT2D eigenvalue weighted by Gasteiger charge is -2.29. The molecule has 0 heterocycles. The van der Waals surface area contributed by atoms with Crippen LogP contribution in [-0.2, 0) is 0 Å². The molecular weight excluding hydrogens is 292 g/mol. The second kappa shape index (κ2) is 8.10. The van der Waals surface area contributed by atoms with Crippen molar-refractivity contribution in [3.05, 3.63) is 23.2 Å². The average molecular weight is 315 g/mol. The van der Waals surface area contributed by atoms with Crippen molar-refractivity contribution in [2.45, 2.75) is 39.2 Å². The van der Waals surface area contributed by atoms with E-state index < -0.39 is 5.54 Å². The van der Waals surface area contributed by atoms with Gasteiger partial charge in [0.05, 0.1) is 17.3 Å². The highest BCUT2D eigenvalue weighted by molar-refractivity contribution is 6.32. The van der Waals surface area contributed by atoms with Gasteiger partial charge in [0, 0.05) is 12.1 Å². The summed E-state index contributed by atoms with van der Waals surface area (Å²) in [6.45, 7) is 6.18. The molecule has 0 spiro atoms. The lowest BCUT2D eigenvalue weighted by molar-refractivity contribution is 0.208. The van der Waals surface area contributed by atoms with Gasteiger partial charge in [0.2, 0.25) is 0 Å². The number of hydrogen-bond acceptors (Lipinski definition) is 3. The van der Waals surface area contributed by atoms with E-state index in [0.29, 0.717) is 29.5 Å². The summed E-state index contributed by atoms with van der Waals surface area (Å²) >= 11 is 6.07. The third kappa shape index (κ3) is 5.10. The number of ether oxygens (including phenoxy) is 1. The molecular formula is C15H23ClN2O3. The van der Waals surface area contributed by atoms with Crippen LogP contribution in [0.4, 0.5) is 10.5 Å². The van der Waals surface area contributed by atoms with E-state index >= 15 is 0 Å². The molecule has 1 rings (SSSR count). The Hall–Kier alpha value is -1.46.